The standard InChI is InChI=1S/C26H51N3O3/c1-22(2,3)26(16-13-19(30)27-23(4,5)6,17-14-20(31)28-24(7,8)9)18-15-21(32)29-25(10,11)12/h13-18H2,1-12H3,(H,27,30)(H,28,31)(H,29,32). The molecule has 32 heavy (non-hydrogen) atoms. The Hall–Kier alpha value is -1.59. The summed E-state index contributed by atoms with van der Waals surface area (Å²) in [6.07, 6.45) is 3.00. The lowest BCUT2D eigenvalue weighted by Gasteiger charge is -2.46. The van der Waals surface area contributed by atoms with Gasteiger partial charge >= 0.3 is 0 Å². The normalized spacial score (nSPS) is 13.5. The molecule has 6 nitrogen and oxygen atoms in total. The molecule has 0 bridgehead atoms. The molecule has 188 valence electrons. The predicted octanol–water partition coefficient (Wildman–Crippen LogP) is 5.10. The molecule has 6 heteroatoms. The van der Waals surface area contributed by atoms with E-state index in [2.05, 4.69) is 36.7 Å². The maximum absolute atomic E-state index is 12.6. The van der Waals surface area contributed by atoms with Gasteiger partial charge in [-0.15, -0.1) is 0 Å². The number of carbonyl (C=O) groups excluding carboxylic acids is 3. The van der Waals surface area contributed by atoms with E-state index in [0.717, 1.165) is 0 Å². The summed E-state index contributed by atoms with van der Waals surface area (Å²) in [6.45, 7) is 24.2. The molecule has 0 rings (SSSR count). The molecule has 0 spiro atoms. The van der Waals surface area contributed by atoms with Gasteiger partial charge in [-0.2, -0.15) is 0 Å². The van der Waals surface area contributed by atoms with E-state index in [1.807, 2.05) is 62.3 Å². The largest absolute Gasteiger partial charge is 0.352 e. The zero-order chi connectivity index (χ0) is 25.6. The second-order valence-electron chi connectivity index (χ2n) is 13.4. The number of hydrogen-bond donors (Lipinski definition) is 3. The van der Waals surface area contributed by atoms with Crippen molar-refractivity contribution in [2.75, 3.05) is 0 Å². The van der Waals surface area contributed by atoms with E-state index in [0.29, 0.717) is 38.5 Å². The smallest absolute Gasteiger partial charge is 0.220 e. The van der Waals surface area contributed by atoms with Crippen molar-refractivity contribution < 1.29 is 14.4 Å². The van der Waals surface area contributed by atoms with Crippen molar-refractivity contribution in [1.82, 2.24) is 16.0 Å². The summed E-state index contributed by atoms with van der Waals surface area (Å²) in [5.41, 5.74) is -1.38. The molecule has 0 aromatic rings. The van der Waals surface area contributed by atoms with E-state index in [4.69, 9.17) is 0 Å². The molecule has 0 aromatic carbocycles. The molecule has 0 aliphatic heterocycles. The van der Waals surface area contributed by atoms with Gasteiger partial charge in [0.15, 0.2) is 0 Å². The minimum absolute atomic E-state index is 0.00408. The number of rotatable bonds is 9. The van der Waals surface area contributed by atoms with Crippen LogP contribution in [0.15, 0.2) is 0 Å². The Morgan fingerprint density at radius 3 is 0.844 bits per heavy atom. The highest BCUT2D eigenvalue weighted by atomic mass is 16.2. The van der Waals surface area contributed by atoms with Crippen LogP contribution >= 0.6 is 0 Å². The summed E-state index contributed by atoms with van der Waals surface area (Å²) < 4.78 is 0. The van der Waals surface area contributed by atoms with Gasteiger partial charge in [-0.25, -0.2) is 0 Å². The SMILES string of the molecule is CC(C)(C)NC(=O)CCC(CCC(=O)NC(C)(C)C)(CCC(=O)NC(C)(C)C)C(C)(C)C. The van der Waals surface area contributed by atoms with Crippen LogP contribution in [-0.2, 0) is 14.4 Å². The number of nitrogens with one attached hydrogen (secondary N) is 3. The molecule has 0 aliphatic rings. The average Bonchev–Trinajstić information content (AvgIpc) is 2.48. The molecule has 0 aliphatic carbocycles. The molecule has 0 atom stereocenters. The third kappa shape index (κ3) is 13.1. The Balaban J connectivity index is 5.65. The number of amides is 3. The summed E-state index contributed by atoms with van der Waals surface area (Å²) in [4.78, 5) is 37.8. The second-order valence-corrected chi connectivity index (χ2v) is 13.4. The lowest BCUT2D eigenvalue weighted by molar-refractivity contribution is -0.125. The van der Waals surface area contributed by atoms with Gasteiger partial charge in [0.1, 0.15) is 0 Å². The summed E-state index contributed by atoms with van der Waals surface area (Å²) in [7, 11) is 0. The first kappa shape index (κ1) is 30.4. The minimum atomic E-state index is -0.327. The fraction of sp³-hybridized carbons (Fsp3) is 0.885. The monoisotopic (exact) mass is 453 g/mol. The lowest BCUT2D eigenvalue weighted by Crippen LogP contribution is -2.45. The molecular formula is C26H51N3O3. The molecule has 0 heterocycles. The Morgan fingerprint density at radius 1 is 0.469 bits per heavy atom. The first-order valence-corrected chi connectivity index (χ1v) is 12.0. The minimum Gasteiger partial charge on any atom is -0.352 e. The quantitative estimate of drug-likeness (QED) is 0.454. The van der Waals surface area contributed by atoms with Crippen molar-refractivity contribution in [3.05, 3.63) is 0 Å². The Bertz CT molecular complexity index is 562. The van der Waals surface area contributed by atoms with Crippen LogP contribution in [0.1, 0.15) is 122 Å². The molecule has 0 aromatic heterocycles. The van der Waals surface area contributed by atoms with Crippen LogP contribution in [-0.4, -0.2) is 34.3 Å². The highest BCUT2D eigenvalue weighted by Gasteiger charge is 2.42. The van der Waals surface area contributed by atoms with E-state index < -0.39 is 0 Å². The highest BCUT2D eigenvalue weighted by molar-refractivity contribution is 5.78. The molecule has 0 unspecified atom stereocenters. The van der Waals surface area contributed by atoms with Gasteiger partial charge in [0, 0.05) is 35.9 Å². The van der Waals surface area contributed by atoms with Gasteiger partial charge in [-0.3, -0.25) is 14.4 Å². The zero-order valence-electron chi connectivity index (χ0n) is 23.0. The average molecular weight is 454 g/mol. The Kier molecular flexibility index (Phi) is 10.5. The first-order valence-electron chi connectivity index (χ1n) is 12.0. The van der Waals surface area contributed by atoms with Crippen LogP contribution < -0.4 is 16.0 Å². The van der Waals surface area contributed by atoms with Crippen molar-refractivity contribution >= 4 is 17.7 Å². The zero-order valence-corrected chi connectivity index (χ0v) is 23.0. The third-order valence-electron chi connectivity index (χ3n) is 5.63. The highest BCUT2D eigenvalue weighted by Crippen LogP contribution is 2.50. The van der Waals surface area contributed by atoms with Crippen LogP contribution in [0.3, 0.4) is 0 Å². The van der Waals surface area contributed by atoms with E-state index >= 15 is 0 Å². The molecule has 0 fully saturated rings. The summed E-state index contributed by atoms with van der Waals surface area (Å²) in [5.74, 6) is 0.0123. The molecule has 3 amide bonds. The van der Waals surface area contributed by atoms with Crippen molar-refractivity contribution in [1.29, 1.82) is 0 Å². The van der Waals surface area contributed by atoms with Crippen LogP contribution in [0.25, 0.3) is 0 Å². The molecule has 0 saturated carbocycles. The van der Waals surface area contributed by atoms with Crippen LogP contribution in [0.5, 0.6) is 0 Å². The molecular weight excluding hydrogens is 402 g/mol. The van der Waals surface area contributed by atoms with Gasteiger partial charge in [0.2, 0.25) is 17.7 Å². The number of hydrogen-bond acceptors (Lipinski definition) is 3. The van der Waals surface area contributed by atoms with E-state index in [1.54, 1.807) is 0 Å². The lowest BCUT2D eigenvalue weighted by atomic mass is 9.59. The summed E-state index contributed by atoms with van der Waals surface area (Å²) >= 11 is 0. The maximum atomic E-state index is 12.6. The van der Waals surface area contributed by atoms with E-state index in [9.17, 15) is 14.4 Å². The predicted molar refractivity (Wildman–Crippen MR) is 133 cm³/mol. The first-order chi connectivity index (χ1) is 14.1. The van der Waals surface area contributed by atoms with Gasteiger partial charge in [-0.1, -0.05) is 20.8 Å². The van der Waals surface area contributed by atoms with Crippen molar-refractivity contribution in [2.24, 2.45) is 10.8 Å². The summed E-state index contributed by atoms with van der Waals surface area (Å²) in [6, 6.07) is 0. The molecule has 0 saturated heterocycles. The van der Waals surface area contributed by atoms with Crippen LogP contribution in [0.2, 0.25) is 0 Å². The van der Waals surface area contributed by atoms with Gasteiger partial charge in [-0.05, 0) is 92.4 Å². The van der Waals surface area contributed by atoms with Crippen molar-refractivity contribution in [3.63, 3.8) is 0 Å². The van der Waals surface area contributed by atoms with Gasteiger partial charge in [0.05, 0.1) is 0 Å². The molecule has 0 radical (unpaired) electrons. The Labute approximate surface area is 197 Å². The number of carbonyl (C=O) groups is 3. The third-order valence-corrected chi connectivity index (χ3v) is 5.63. The van der Waals surface area contributed by atoms with E-state index in [1.165, 1.54) is 0 Å². The fourth-order valence-electron chi connectivity index (χ4n) is 4.00. The fourth-order valence-corrected chi connectivity index (χ4v) is 4.00. The van der Waals surface area contributed by atoms with Crippen LogP contribution in [0.4, 0.5) is 0 Å². The van der Waals surface area contributed by atoms with Gasteiger partial charge in [0.25, 0.3) is 0 Å². The van der Waals surface area contributed by atoms with Crippen molar-refractivity contribution in [3.8, 4) is 0 Å². The van der Waals surface area contributed by atoms with Crippen molar-refractivity contribution in [2.45, 2.75) is 138 Å². The van der Waals surface area contributed by atoms with Gasteiger partial charge < -0.3 is 16.0 Å². The topological polar surface area (TPSA) is 87.3 Å². The molecule has 3 N–H and O–H groups in total. The summed E-state index contributed by atoms with van der Waals surface area (Å²) in [5, 5.41) is 9.11. The Morgan fingerprint density at radius 2 is 0.688 bits per heavy atom. The maximum Gasteiger partial charge on any atom is 0.220 e. The van der Waals surface area contributed by atoms with Crippen LogP contribution in [0, 0.1) is 10.8 Å². The van der Waals surface area contributed by atoms with E-state index in [-0.39, 0.29) is 45.2 Å². The second kappa shape index (κ2) is 11.0.